The van der Waals surface area contributed by atoms with Gasteiger partial charge in [-0.15, -0.1) is 0 Å². The van der Waals surface area contributed by atoms with Gasteiger partial charge < -0.3 is 0 Å². The Kier molecular flexibility index (Phi) is 4.79. The lowest BCUT2D eigenvalue weighted by Gasteiger charge is -2.14. The predicted molar refractivity (Wildman–Crippen MR) is 84.4 cm³/mol. The molecule has 0 bridgehead atoms. The zero-order valence-electron chi connectivity index (χ0n) is 12.3. The van der Waals surface area contributed by atoms with Gasteiger partial charge in [0.1, 0.15) is 0 Å². The van der Waals surface area contributed by atoms with E-state index in [0.717, 1.165) is 0 Å². The summed E-state index contributed by atoms with van der Waals surface area (Å²) in [5, 5.41) is 0. The number of hydrogen-bond donors (Lipinski definition) is 0. The van der Waals surface area contributed by atoms with Crippen LogP contribution in [0, 0.1) is 5.92 Å². The van der Waals surface area contributed by atoms with Gasteiger partial charge in [0.05, 0.1) is 0 Å². The van der Waals surface area contributed by atoms with Gasteiger partial charge in [0, 0.05) is 5.92 Å². The van der Waals surface area contributed by atoms with Crippen LogP contribution < -0.4 is 0 Å². The third-order valence-electron chi connectivity index (χ3n) is 3.79. The quantitative estimate of drug-likeness (QED) is 0.670. The minimum atomic E-state index is 0.461. The molecule has 0 nitrogen and oxygen atoms in total. The van der Waals surface area contributed by atoms with E-state index >= 15 is 0 Å². The Morgan fingerprint density at radius 1 is 1.21 bits per heavy atom. The van der Waals surface area contributed by atoms with Crippen LogP contribution in [0.25, 0.3) is 0 Å². The fraction of sp³-hybridized carbons (Fsp3) is 0.368. The third kappa shape index (κ3) is 3.70. The number of rotatable bonds is 4. The second-order valence-electron chi connectivity index (χ2n) is 5.49. The Morgan fingerprint density at radius 3 is 2.84 bits per heavy atom. The molecular formula is C19H24. The van der Waals surface area contributed by atoms with Crippen LogP contribution >= 0.6 is 0 Å². The first-order chi connectivity index (χ1) is 9.20. The summed E-state index contributed by atoms with van der Waals surface area (Å²) in [5.41, 5.74) is 4.27. The Balaban J connectivity index is 2.21. The summed E-state index contributed by atoms with van der Waals surface area (Å²) in [7, 11) is 0. The van der Waals surface area contributed by atoms with Crippen molar-refractivity contribution in [2.45, 2.75) is 39.5 Å². The van der Waals surface area contributed by atoms with Crippen LogP contribution in [0.3, 0.4) is 0 Å². The van der Waals surface area contributed by atoms with E-state index in [4.69, 9.17) is 0 Å². The zero-order valence-corrected chi connectivity index (χ0v) is 12.3. The van der Waals surface area contributed by atoms with Gasteiger partial charge in [-0.1, -0.05) is 81.8 Å². The molecule has 0 aromatic heterocycles. The molecule has 0 aliphatic heterocycles. The molecule has 19 heavy (non-hydrogen) atoms. The molecular weight excluding hydrogens is 228 g/mol. The van der Waals surface area contributed by atoms with Gasteiger partial charge in [-0.2, -0.15) is 0 Å². The maximum absolute atomic E-state index is 2.36. The lowest BCUT2D eigenvalue weighted by Crippen LogP contribution is -1.97. The van der Waals surface area contributed by atoms with Gasteiger partial charge in [-0.05, 0) is 29.0 Å². The number of benzene rings is 1. The van der Waals surface area contributed by atoms with E-state index in [1.807, 2.05) is 0 Å². The lowest BCUT2D eigenvalue weighted by molar-refractivity contribution is 0.888. The first-order valence-corrected chi connectivity index (χ1v) is 7.36. The summed E-state index contributed by atoms with van der Waals surface area (Å²) in [6.45, 7) is 6.75. The van der Waals surface area contributed by atoms with Gasteiger partial charge in [0.15, 0.2) is 0 Å². The lowest BCUT2D eigenvalue weighted by atomic mass is 9.90. The van der Waals surface area contributed by atoms with Crippen molar-refractivity contribution >= 4 is 0 Å². The Labute approximate surface area is 117 Å². The van der Waals surface area contributed by atoms with E-state index < -0.39 is 0 Å². The highest BCUT2D eigenvalue weighted by Gasteiger charge is 2.10. The van der Waals surface area contributed by atoms with Crippen LogP contribution in [0.5, 0.6) is 0 Å². The minimum Gasteiger partial charge on any atom is -0.0779 e. The van der Waals surface area contributed by atoms with Gasteiger partial charge in [-0.3, -0.25) is 0 Å². The van der Waals surface area contributed by atoms with Crippen LogP contribution in [0.4, 0.5) is 0 Å². The SMILES string of the molecule is CCCc1cccc(C(C)C2=CC=CC(C)C=C2)c1. The van der Waals surface area contributed by atoms with E-state index in [-0.39, 0.29) is 0 Å². The van der Waals surface area contributed by atoms with E-state index in [9.17, 15) is 0 Å². The molecule has 2 rings (SSSR count). The minimum absolute atomic E-state index is 0.461. The molecule has 1 aliphatic carbocycles. The van der Waals surface area contributed by atoms with Crippen molar-refractivity contribution < 1.29 is 0 Å². The van der Waals surface area contributed by atoms with Crippen LogP contribution in [0.1, 0.15) is 44.2 Å². The van der Waals surface area contributed by atoms with E-state index in [1.54, 1.807) is 0 Å². The number of hydrogen-bond acceptors (Lipinski definition) is 0. The molecule has 0 N–H and O–H groups in total. The third-order valence-corrected chi connectivity index (χ3v) is 3.79. The zero-order chi connectivity index (χ0) is 13.7. The van der Waals surface area contributed by atoms with Gasteiger partial charge >= 0.3 is 0 Å². The summed E-state index contributed by atoms with van der Waals surface area (Å²) in [6, 6.07) is 9.03. The largest absolute Gasteiger partial charge is 0.0779 e. The van der Waals surface area contributed by atoms with Crippen molar-refractivity contribution in [1.82, 2.24) is 0 Å². The Hall–Kier alpha value is -1.56. The standard InChI is InChI=1S/C19H24/c1-4-7-17-9-6-11-19(14-17)16(3)18-10-5-8-15(2)12-13-18/h5-6,8-16H,4,7H2,1-3H3. The Bertz CT molecular complexity index is 503. The molecule has 0 spiro atoms. The molecule has 0 saturated carbocycles. The Morgan fingerprint density at radius 2 is 2.05 bits per heavy atom. The molecule has 0 fully saturated rings. The highest BCUT2D eigenvalue weighted by molar-refractivity contribution is 5.39. The molecule has 100 valence electrons. The average molecular weight is 252 g/mol. The van der Waals surface area contributed by atoms with E-state index in [0.29, 0.717) is 11.8 Å². The van der Waals surface area contributed by atoms with Crippen molar-refractivity contribution in [3.8, 4) is 0 Å². The molecule has 0 heteroatoms. The van der Waals surface area contributed by atoms with Gasteiger partial charge in [0.2, 0.25) is 0 Å². The summed E-state index contributed by atoms with van der Waals surface area (Å²) >= 11 is 0. The smallest absolute Gasteiger partial charge is 0.00609 e. The molecule has 1 aromatic carbocycles. The van der Waals surface area contributed by atoms with Crippen LogP contribution in [0.15, 0.2) is 60.2 Å². The van der Waals surface area contributed by atoms with Crippen LogP contribution in [-0.2, 0) is 6.42 Å². The summed E-state index contributed by atoms with van der Waals surface area (Å²) < 4.78 is 0. The van der Waals surface area contributed by atoms with Crippen LogP contribution in [0.2, 0.25) is 0 Å². The van der Waals surface area contributed by atoms with Gasteiger partial charge in [0.25, 0.3) is 0 Å². The fourth-order valence-electron chi connectivity index (χ4n) is 2.51. The maximum Gasteiger partial charge on any atom is 0.00609 e. The predicted octanol–water partition coefficient (Wildman–Crippen LogP) is 5.43. The van der Waals surface area contributed by atoms with Crippen molar-refractivity contribution in [3.63, 3.8) is 0 Å². The summed E-state index contributed by atoms with van der Waals surface area (Å²) in [6.07, 6.45) is 13.6. The molecule has 1 aliphatic rings. The molecule has 0 radical (unpaired) electrons. The topological polar surface area (TPSA) is 0 Å². The molecule has 2 atom stereocenters. The molecule has 0 saturated heterocycles. The number of aryl methyl sites for hydroxylation is 1. The molecule has 2 unspecified atom stereocenters. The summed E-state index contributed by atoms with van der Waals surface area (Å²) in [4.78, 5) is 0. The highest BCUT2D eigenvalue weighted by Crippen LogP contribution is 2.27. The van der Waals surface area contributed by atoms with Crippen LogP contribution in [-0.4, -0.2) is 0 Å². The van der Waals surface area contributed by atoms with Crippen molar-refractivity contribution in [1.29, 1.82) is 0 Å². The second kappa shape index (κ2) is 6.56. The van der Waals surface area contributed by atoms with Crippen molar-refractivity contribution in [3.05, 3.63) is 71.3 Å². The maximum atomic E-state index is 2.36. The first-order valence-electron chi connectivity index (χ1n) is 7.36. The van der Waals surface area contributed by atoms with Crippen molar-refractivity contribution in [2.24, 2.45) is 5.92 Å². The number of allylic oxidation sites excluding steroid dienone is 6. The van der Waals surface area contributed by atoms with E-state index in [2.05, 4.69) is 75.4 Å². The average Bonchev–Trinajstić information content (AvgIpc) is 2.63. The highest BCUT2D eigenvalue weighted by atomic mass is 14.1. The van der Waals surface area contributed by atoms with Crippen molar-refractivity contribution in [2.75, 3.05) is 0 Å². The van der Waals surface area contributed by atoms with E-state index in [1.165, 1.54) is 29.5 Å². The van der Waals surface area contributed by atoms with Gasteiger partial charge in [-0.25, -0.2) is 0 Å². The second-order valence-corrected chi connectivity index (χ2v) is 5.49. The molecule has 0 heterocycles. The summed E-state index contributed by atoms with van der Waals surface area (Å²) in [5.74, 6) is 0.996. The monoisotopic (exact) mass is 252 g/mol. The fourth-order valence-corrected chi connectivity index (χ4v) is 2.51. The first kappa shape index (κ1) is 13.9. The normalized spacial score (nSPS) is 19.9. The molecule has 0 amide bonds. The molecule has 1 aromatic rings.